The highest BCUT2D eigenvalue weighted by atomic mass is 127. The number of halogens is 1. The van der Waals surface area contributed by atoms with E-state index in [-0.39, 0.29) is 36.4 Å². The van der Waals surface area contributed by atoms with Gasteiger partial charge in [-0.1, -0.05) is 12.5 Å². The van der Waals surface area contributed by atoms with Crippen LogP contribution in [0.1, 0.15) is 30.6 Å². The number of thiophene rings is 1. The molecule has 6 nitrogen and oxygen atoms in total. The third-order valence-electron chi connectivity index (χ3n) is 6.65. The first kappa shape index (κ1) is 22.8. The number of fused-ring (bicyclic) bond motifs is 2. The Balaban J connectivity index is 0.00000240. The molecule has 2 saturated carbocycles. The van der Waals surface area contributed by atoms with Crippen molar-refractivity contribution in [2.75, 3.05) is 46.8 Å². The molecule has 1 N–H and O–H groups in total. The molecule has 1 saturated heterocycles. The van der Waals surface area contributed by atoms with Crippen molar-refractivity contribution in [1.82, 2.24) is 20.0 Å². The van der Waals surface area contributed by atoms with E-state index in [1.54, 1.807) is 30.3 Å². The number of rotatable bonds is 5. The normalized spacial score (nSPS) is 27.0. The van der Waals surface area contributed by atoms with Crippen LogP contribution in [0, 0.1) is 11.8 Å². The number of piperazine rings is 1. The van der Waals surface area contributed by atoms with Crippen LogP contribution in [0.3, 0.4) is 0 Å². The maximum atomic E-state index is 12.0. The van der Waals surface area contributed by atoms with Gasteiger partial charge in [0, 0.05) is 51.2 Å². The standard InChI is InChI=1S/C21H33N5OS.HI/c1-24(2)20(27)15-23-21(22-14-18-4-3-11-28-18)26-9-7-25(8-10-26)19-13-16-5-6-17(19)12-16;/h3-4,11,16-17,19H,5-10,12-15H2,1-2H3,(H,22,23);1H. The second-order valence-corrected chi connectivity index (χ2v) is 9.66. The minimum absolute atomic E-state index is 0. The van der Waals surface area contributed by atoms with Crippen molar-refractivity contribution in [2.24, 2.45) is 16.8 Å². The Morgan fingerprint density at radius 2 is 2.03 bits per heavy atom. The molecule has 3 atom stereocenters. The molecule has 2 aliphatic carbocycles. The Kier molecular flexibility index (Phi) is 8.21. The molecule has 3 fully saturated rings. The van der Waals surface area contributed by atoms with E-state index >= 15 is 0 Å². The highest BCUT2D eigenvalue weighted by Gasteiger charge is 2.42. The number of guanidine groups is 1. The van der Waals surface area contributed by atoms with E-state index < -0.39 is 0 Å². The van der Waals surface area contributed by atoms with E-state index in [9.17, 15) is 4.79 Å². The second kappa shape index (κ2) is 10.4. The molecule has 1 amide bonds. The van der Waals surface area contributed by atoms with Crippen molar-refractivity contribution in [3.63, 3.8) is 0 Å². The lowest BCUT2D eigenvalue weighted by atomic mass is 9.93. The lowest BCUT2D eigenvalue weighted by Crippen LogP contribution is -2.55. The van der Waals surface area contributed by atoms with Gasteiger partial charge in [-0.15, -0.1) is 35.3 Å². The number of hydrogen-bond donors (Lipinski definition) is 1. The van der Waals surface area contributed by atoms with Crippen molar-refractivity contribution in [1.29, 1.82) is 0 Å². The van der Waals surface area contributed by atoms with Crippen LogP contribution in [0.2, 0.25) is 0 Å². The van der Waals surface area contributed by atoms with Crippen molar-refractivity contribution in [3.8, 4) is 0 Å². The number of nitrogens with one attached hydrogen (secondary N) is 1. The van der Waals surface area contributed by atoms with Gasteiger partial charge in [0.15, 0.2) is 5.96 Å². The summed E-state index contributed by atoms with van der Waals surface area (Å²) < 4.78 is 0. The molecule has 2 bridgehead atoms. The van der Waals surface area contributed by atoms with E-state index in [2.05, 4.69) is 37.6 Å². The largest absolute Gasteiger partial charge is 0.351 e. The third-order valence-corrected chi connectivity index (χ3v) is 7.52. The van der Waals surface area contributed by atoms with Gasteiger partial charge in [-0.2, -0.15) is 0 Å². The van der Waals surface area contributed by atoms with Crippen LogP contribution in [0.15, 0.2) is 22.5 Å². The molecule has 162 valence electrons. The highest BCUT2D eigenvalue weighted by Crippen LogP contribution is 2.46. The average Bonchev–Trinajstić information content (AvgIpc) is 3.46. The molecule has 8 heteroatoms. The number of amides is 1. The lowest BCUT2D eigenvalue weighted by Gasteiger charge is -2.42. The van der Waals surface area contributed by atoms with Crippen LogP contribution >= 0.6 is 35.3 Å². The topological polar surface area (TPSA) is 51.2 Å². The minimum atomic E-state index is 0. The first-order valence-corrected chi connectivity index (χ1v) is 11.5. The molecule has 29 heavy (non-hydrogen) atoms. The van der Waals surface area contributed by atoms with Crippen LogP contribution in [-0.2, 0) is 11.3 Å². The Bertz CT molecular complexity index is 687. The number of carbonyl (C=O) groups excluding carboxylic acids is 1. The van der Waals surface area contributed by atoms with Crippen molar-refractivity contribution < 1.29 is 4.79 Å². The molecule has 4 rings (SSSR count). The molecule has 2 heterocycles. The molecule has 1 aromatic rings. The summed E-state index contributed by atoms with van der Waals surface area (Å²) in [6, 6.07) is 5.02. The molecule has 0 spiro atoms. The van der Waals surface area contributed by atoms with Crippen LogP contribution in [0.4, 0.5) is 0 Å². The lowest BCUT2D eigenvalue weighted by molar-refractivity contribution is -0.127. The van der Waals surface area contributed by atoms with Gasteiger partial charge in [-0.25, -0.2) is 4.99 Å². The number of nitrogens with zero attached hydrogens (tertiary/aromatic N) is 4. The molecule has 3 unspecified atom stereocenters. The number of aliphatic imine (C=N–C) groups is 1. The minimum Gasteiger partial charge on any atom is -0.351 e. The summed E-state index contributed by atoms with van der Waals surface area (Å²) in [5, 5.41) is 5.59. The first-order chi connectivity index (χ1) is 13.6. The fraction of sp³-hybridized carbons (Fsp3) is 0.714. The zero-order valence-electron chi connectivity index (χ0n) is 17.5. The van der Waals surface area contributed by atoms with Crippen LogP contribution < -0.4 is 5.32 Å². The maximum Gasteiger partial charge on any atom is 0.243 e. The van der Waals surface area contributed by atoms with E-state index in [0.29, 0.717) is 0 Å². The summed E-state index contributed by atoms with van der Waals surface area (Å²) in [6.07, 6.45) is 5.79. The Labute approximate surface area is 195 Å². The van der Waals surface area contributed by atoms with Crippen molar-refractivity contribution in [2.45, 2.75) is 38.3 Å². The molecule has 1 aliphatic heterocycles. The predicted molar refractivity (Wildman–Crippen MR) is 130 cm³/mol. The van der Waals surface area contributed by atoms with Gasteiger partial charge in [-0.3, -0.25) is 9.69 Å². The quantitative estimate of drug-likeness (QED) is 0.361. The van der Waals surface area contributed by atoms with Crippen molar-refractivity contribution >= 4 is 47.2 Å². The number of hydrogen-bond acceptors (Lipinski definition) is 4. The van der Waals surface area contributed by atoms with Gasteiger partial charge >= 0.3 is 0 Å². The van der Waals surface area contributed by atoms with Gasteiger partial charge in [-0.05, 0) is 42.5 Å². The van der Waals surface area contributed by atoms with Crippen LogP contribution in [0.5, 0.6) is 0 Å². The summed E-state index contributed by atoms with van der Waals surface area (Å²) in [5.74, 6) is 2.85. The fourth-order valence-electron chi connectivity index (χ4n) is 5.05. The summed E-state index contributed by atoms with van der Waals surface area (Å²) in [6.45, 7) is 5.15. The summed E-state index contributed by atoms with van der Waals surface area (Å²) >= 11 is 1.75. The maximum absolute atomic E-state index is 12.0. The number of likely N-dealkylation sites (N-methyl/N-ethyl adjacent to an activating group) is 1. The molecule has 0 radical (unpaired) electrons. The third kappa shape index (κ3) is 5.64. The van der Waals surface area contributed by atoms with Gasteiger partial charge < -0.3 is 15.1 Å². The van der Waals surface area contributed by atoms with E-state index in [1.807, 2.05) is 0 Å². The first-order valence-electron chi connectivity index (χ1n) is 10.6. The average molecular weight is 532 g/mol. The predicted octanol–water partition coefficient (Wildman–Crippen LogP) is 2.71. The Morgan fingerprint density at radius 3 is 2.62 bits per heavy atom. The van der Waals surface area contributed by atoms with E-state index in [4.69, 9.17) is 0 Å². The Hall–Kier alpha value is -0.870. The summed E-state index contributed by atoms with van der Waals surface area (Å²) in [5.41, 5.74) is 0. The van der Waals surface area contributed by atoms with Gasteiger partial charge in [0.05, 0.1) is 6.54 Å². The Morgan fingerprint density at radius 1 is 1.24 bits per heavy atom. The highest BCUT2D eigenvalue weighted by molar-refractivity contribution is 14.0. The van der Waals surface area contributed by atoms with Gasteiger partial charge in [0.2, 0.25) is 5.91 Å². The molecular formula is C21H34IN5OS. The van der Waals surface area contributed by atoms with Gasteiger partial charge in [0.1, 0.15) is 6.54 Å². The molecular weight excluding hydrogens is 497 g/mol. The summed E-state index contributed by atoms with van der Waals surface area (Å²) in [4.78, 5) is 24.6. The van der Waals surface area contributed by atoms with Crippen molar-refractivity contribution in [3.05, 3.63) is 22.4 Å². The van der Waals surface area contributed by atoms with Crippen LogP contribution in [0.25, 0.3) is 0 Å². The zero-order valence-corrected chi connectivity index (χ0v) is 20.7. The number of carbonyl (C=O) groups is 1. The smallest absolute Gasteiger partial charge is 0.243 e. The zero-order chi connectivity index (χ0) is 19.5. The molecule has 1 aromatic heterocycles. The molecule has 0 aromatic carbocycles. The summed E-state index contributed by atoms with van der Waals surface area (Å²) in [7, 11) is 3.56. The monoisotopic (exact) mass is 531 g/mol. The van der Waals surface area contributed by atoms with Gasteiger partial charge in [0.25, 0.3) is 0 Å². The van der Waals surface area contributed by atoms with E-state index in [1.165, 1.54) is 30.6 Å². The SMILES string of the molecule is CN(C)C(=O)CN=C(NCc1cccs1)N1CCN(C2CC3CCC2C3)CC1.I. The second-order valence-electron chi connectivity index (χ2n) is 8.63. The fourth-order valence-corrected chi connectivity index (χ4v) is 5.70. The molecule has 3 aliphatic rings. The van der Waals surface area contributed by atoms with Crippen LogP contribution in [-0.4, -0.2) is 79.4 Å². The van der Waals surface area contributed by atoms with E-state index in [0.717, 1.165) is 56.6 Å².